The Balaban J connectivity index is 1.28. The summed E-state index contributed by atoms with van der Waals surface area (Å²) in [5.74, 6) is 8.21. The molecule has 4 nitrogen and oxygen atoms in total. The predicted molar refractivity (Wildman–Crippen MR) is 167 cm³/mol. The highest BCUT2D eigenvalue weighted by molar-refractivity contribution is 8.22. The number of hydrogen-bond acceptors (Lipinski definition) is 10. The van der Waals surface area contributed by atoms with Gasteiger partial charge in [-0.05, 0) is 50.0 Å². The lowest BCUT2D eigenvalue weighted by Crippen LogP contribution is -2.24. The van der Waals surface area contributed by atoms with Crippen molar-refractivity contribution < 1.29 is 19.1 Å². The van der Waals surface area contributed by atoms with E-state index >= 15 is 0 Å². The monoisotopic (exact) mass is 608 g/mol. The quantitative estimate of drug-likeness (QED) is 0.155. The van der Waals surface area contributed by atoms with E-state index in [0.29, 0.717) is 44.0 Å². The largest absolute Gasteiger partial charge is 0.461 e. The van der Waals surface area contributed by atoms with Gasteiger partial charge < -0.3 is 9.47 Å². The van der Waals surface area contributed by atoms with Crippen LogP contribution in [0.2, 0.25) is 0 Å². The number of carbonyl (C=O) groups excluding carboxylic acids is 2. The van der Waals surface area contributed by atoms with Crippen molar-refractivity contribution in [1.29, 1.82) is 0 Å². The van der Waals surface area contributed by atoms with E-state index in [2.05, 4.69) is 36.7 Å². The minimum Gasteiger partial charge on any atom is -0.461 e. The molecule has 6 atom stereocenters. The van der Waals surface area contributed by atoms with Gasteiger partial charge in [0, 0.05) is 44.7 Å². The van der Waals surface area contributed by atoms with Gasteiger partial charge in [0.2, 0.25) is 0 Å². The first-order valence-corrected chi connectivity index (χ1v) is 19.0. The van der Waals surface area contributed by atoms with E-state index in [1.807, 2.05) is 47.0 Å². The predicted octanol–water partition coefficient (Wildman–Crippen LogP) is 6.85. The molecule has 2 heterocycles. The number of carbonyl (C=O) groups is 2. The third kappa shape index (κ3) is 10.9. The second-order valence-electron chi connectivity index (χ2n) is 9.68. The van der Waals surface area contributed by atoms with Gasteiger partial charge in [0.1, 0.15) is 13.2 Å². The fourth-order valence-electron chi connectivity index (χ4n) is 4.30. The van der Waals surface area contributed by atoms with E-state index in [1.165, 1.54) is 48.7 Å². The summed E-state index contributed by atoms with van der Waals surface area (Å²) in [4.78, 5) is 23.3. The number of hydrogen-bond donors (Lipinski definition) is 0. The molecule has 3 aliphatic rings. The zero-order valence-electron chi connectivity index (χ0n) is 21.4. The summed E-state index contributed by atoms with van der Waals surface area (Å²) in [7, 11) is 0. The number of thioether (sulfide) groups is 6. The van der Waals surface area contributed by atoms with Gasteiger partial charge in [-0.2, -0.15) is 23.5 Å². The van der Waals surface area contributed by atoms with Crippen molar-refractivity contribution in [3.8, 4) is 0 Å². The van der Waals surface area contributed by atoms with E-state index < -0.39 is 0 Å². The second kappa shape index (κ2) is 16.6. The maximum atomic E-state index is 11.6. The molecule has 2 saturated heterocycles. The van der Waals surface area contributed by atoms with Crippen LogP contribution < -0.4 is 0 Å². The Kier molecular flexibility index (Phi) is 14.3. The van der Waals surface area contributed by atoms with Crippen LogP contribution in [0.4, 0.5) is 0 Å². The van der Waals surface area contributed by atoms with Crippen LogP contribution in [0.15, 0.2) is 24.3 Å². The summed E-state index contributed by atoms with van der Waals surface area (Å²) in [6, 6.07) is 0. The maximum Gasteiger partial charge on any atom is 0.333 e. The summed E-state index contributed by atoms with van der Waals surface area (Å²) < 4.78 is 11.9. The highest BCUT2D eigenvalue weighted by Gasteiger charge is 2.30. The topological polar surface area (TPSA) is 52.6 Å². The van der Waals surface area contributed by atoms with Crippen molar-refractivity contribution in [2.75, 3.05) is 47.7 Å². The van der Waals surface area contributed by atoms with Crippen molar-refractivity contribution in [3.63, 3.8) is 0 Å². The van der Waals surface area contributed by atoms with E-state index in [9.17, 15) is 9.59 Å². The second-order valence-corrected chi connectivity index (χ2v) is 17.9. The molecule has 0 amide bonds. The zero-order chi connectivity index (χ0) is 25.9. The minimum absolute atomic E-state index is 0.270. The normalized spacial score (nSPS) is 30.2. The first kappa shape index (κ1) is 31.1. The molecule has 1 aliphatic carbocycles. The first-order valence-electron chi connectivity index (χ1n) is 12.7. The Bertz CT molecular complexity index is 701. The molecule has 3 fully saturated rings. The van der Waals surface area contributed by atoms with Crippen LogP contribution in [0.3, 0.4) is 0 Å². The molecule has 1 saturated carbocycles. The molecular weight excluding hydrogens is 569 g/mol. The first-order chi connectivity index (χ1) is 17.3. The molecule has 2 aliphatic heterocycles. The number of rotatable bonds is 14. The van der Waals surface area contributed by atoms with Gasteiger partial charge in [0.05, 0.1) is 9.16 Å². The molecule has 0 N–H and O–H groups in total. The van der Waals surface area contributed by atoms with Crippen LogP contribution in [0, 0.1) is 11.8 Å². The Labute approximate surface area is 243 Å². The molecule has 10 heteroatoms. The van der Waals surface area contributed by atoms with Crippen LogP contribution >= 0.6 is 70.6 Å². The van der Waals surface area contributed by atoms with Crippen molar-refractivity contribution >= 4 is 82.5 Å². The Hall–Kier alpha value is 0.520. The zero-order valence-corrected chi connectivity index (χ0v) is 26.3. The van der Waals surface area contributed by atoms with Gasteiger partial charge in [-0.15, -0.1) is 47.0 Å². The molecule has 0 aromatic heterocycles. The molecule has 3 rings (SSSR count). The summed E-state index contributed by atoms with van der Waals surface area (Å²) >= 11 is 12.3. The Morgan fingerprint density at radius 3 is 1.56 bits per heavy atom. The third-order valence-electron chi connectivity index (χ3n) is 6.36. The number of ether oxygens (including phenoxy) is 2. The molecule has 0 spiro atoms. The van der Waals surface area contributed by atoms with Gasteiger partial charge >= 0.3 is 11.9 Å². The van der Waals surface area contributed by atoms with Crippen molar-refractivity contribution in [1.82, 2.24) is 0 Å². The summed E-state index contributed by atoms with van der Waals surface area (Å²) in [6.45, 7) is 11.7. The fraction of sp³-hybridized carbons (Fsp3) is 0.769. The molecule has 6 unspecified atom stereocenters. The van der Waals surface area contributed by atoms with Crippen molar-refractivity contribution in [2.45, 2.75) is 59.2 Å². The lowest BCUT2D eigenvalue weighted by molar-refractivity contribution is -0.139. The van der Waals surface area contributed by atoms with Gasteiger partial charge in [0.25, 0.3) is 0 Å². The van der Waals surface area contributed by atoms with Crippen molar-refractivity contribution in [3.05, 3.63) is 24.3 Å². The van der Waals surface area contributed by atoms with E-state index in [-0.39, 0.29) is 11.9 Å². The SMILES string of the molecule is C=C(C)C(=O)OCC1CSC(CSCC2CCCCC2CSCC2SCC(COC(=O)C(=C)C)S2)S1. The van der Waals surface area contributed by atoms with Gasteiger partial charge in [-0.1, -0.05) is 26.0 Å². The van der Waals surface area contributed by atoms with E-state index in [4.69, 9.17) is 9.47 Å². The summed E-state index contributed by atoms with van der Waals surface area (Å²) in [6.07, 6.45) is 5.53. The molecular formula is C26H40O4S6. The molecule has 0 radical (unpaired) electrons. The van der Waals surface area contributed by atoms with Gasteiger partial charge in [0.15, 0.2) is 0 Å². The van der Waals surface area contributed by atoms with Crippen LogP contribution in [-0.2, 0) is 19.1 Å². The average molecular weight is 609 g/mol. The average Bonchev–Trinajstić information content (AvgIpc) is 3.51. The Morgan fingerprint density at radius 1 is 0.750 bits per heavy atom. The molecule has 204 valence electrons. The van der Waals surface area contributed by atoms with E-state index in [0.717, 1.165) is 23.3 Å². The van der Waals surface area contributed by atoms with Crippen LogP contribution in [0.5, 0.6) is 0 Å². The summed E-state index contributed by atoms with van der Waals surface area (Å²) in [5, 5.41) is 0.818. The molecule has 0 bridgehead atoms. The molecule has 0 aromatic carbocycles. The molecule has 36 heavy (non-hydrogen) atoms. The number of esters is 2. The van der Waals surface area contributed by atoms with Gasteiger partial charge in [-0.3, -0.25) is 0 Å². The third-order valence-corrected chi connectivity index (χ3v) is 16.2. The lowest BCUT2D eigenvalue weighted by atomic mass is 9.81. The summed E-state index contributed by atoms with van der Waals surface area (Å²) in [5.41, 5.74) is 0.953. The standard InChI is InChI=1S/C26H40O4S6/c1-17(2)25(27)29-9-21-13-33-23(35-21)15-31-11-19-7-5-6-8-20(19)12-32-16-24-34-14-22(36-24)10-30-26(28)18(3)4/h19-24H,1,3,5-16H2,2,4H3. The maximum absolute atomic E-state index is 11.6. The highest BCUT2D eigenvalue weighted by Crippen LogP contribution is 2.43. The fourth-order valence-corrected chi connectivity index (χ4v) is 14.3. The van der Waals surface area contributed by atoms with Crippen LogP contribution in [-0.4, -0.2) is 79.3 Å². The highest BCUT2D eigenvalue weighted by atomic mass is 32.2. The minimum atomic E-state index is -0.270. The van der Waals surface area contributed by atoms with Gasteiger partial charge in [-0.25, -0.2) is 9.59 Å². The smallest absolute Gasteiger partial charge is 0.333 e. The molecule has 0 aromatic rings. The lowest BCUT2D eigenvalue weighted by Gasteiger charge is -2.31. The van der Waals surface area contributed by atoms with Crippen molar-refractivity contribution in [2.24, 2.45) is 11.8 Å². The van der Waals surface area contributed by atoms with Crippen LogP contribution in [0.1, 0.15) is 39.5 Å². The Morgan fingerprint density at radius 2 is 1.17 bits per heavy atom. The van der Waals surface area contributed by atoms with E-state index in [1.54, 1.807) is 13.8 Å². The van der Waals surface area contributed by atoms with Crippen LogP contribution in [0.25, 0.3) is 0 Å².